The molecule has 0 spiro atoms. The van der Waals surface area contributed by atoms with E-state index in [4.69, 9.17) is 4.74 Å². The van der Waals surface area contributed by atoms with E-state index in [1.165, 1.54) is 0 Å². The molecule has 0 aliphatic carbocycles. The van der Waals surface area contributed by atoms with E-state index in [2.05, 4.69) is 20.3 Å². The molecule has 0 aliphatic heterocycles. The van der Waals surface area contributed by atoms with E-state index >= 15 is 0 Å². The number of nitrogens with one attached hydrogen (secondary N) is 1. The van der Waals surface area contributed by atoms with E-state index in [1.54, 1.807) is 12.4 Å². The van der Waals surface area contributed by atoms with Crippen molar-refractivity contribution in [2.75, 3.05) is 5.32 Å². The first-order valence-corrected chi connectivity index (χ1v) is 8.39. The molecule has 2 aromatic heterocycles. The van der Waals surface area contributed by atoms with Gasteiger partial charge < -0.3 is 10.1 Å². The molecule has 0 radical (unpaired) electrons. The average molecular weight is 342 g/mol. The summed E-state index contributed by atoms with van der Waals surface area (Å²) in [6.45, 7) is 2.54. The molecular formula is C21H18N4O. The predicted octanol–water partition coefficient (Wildman–Crippen LogP) is 4.66. The van der Waals surface area contributed by atoms with Crippen LogP contribution in [0.25, 0.3) is 10.9 Å². The molecule has 0 saturated carbocycles. The van der Waals surface area contributed by atoms with Gasteiger partial charge in [0.15, 0.2) is 0 Å². The molecule has 0 fully saturated rings. The Kier molecular flexibility index (Phi) is 4.43. The first-order chi connectivity index (χ1) is 12.8. The SMILES string of the molecule is Cc1cc(Nc2ncc3ccccc3n2)ccc1OCc1ccncc1. The first kappa shape index (κ1) is 16.0. The highest BCUT2D eigenvalue weighted by molar-refractivity contribution is 5.78. The summed E-state index contributed by atoms with van der Waals surface area (Å²) in [4.78, 5) is 12.9. The monoisotopic (exact) mass is 342 g/mol. The number of hydrogen-bond acceptors (Lipinski definition) is 5. The van der Waals surface area contributed by atoms with Crippen molar-refractivity contribution in [2.24, 2.45) is 0 Å². The number of nitrogens with zero attached hydrogens (tertiary/aromatic N) is 3. The van der Waals surface area contributed by atoms with Gasteiger partial charge in [-0.05, 0) is 54.4 Å². The summed E-state index contributed by atoms with van der Waals surface area (Å²) in [5.74, 6) is 1.43. The molecule has 5 nitrogen and oxygen atoms in total. The Bertz CT molecular complexity index is 1030. The predicted molar refractivity (Wildman–Crippen MR) is 103 cm³/mol. The van der Waals surface area contributed by atoms with Crippen LogP contribution in [-0.4, -0.2) is 15.0 Å². The Morgan fingerprint density at radius 3 is 2.69 bits per heavy atom. The lowest BCUT2D eigenvalue weighted by atomic mass is 10.2. The first-order valence-electron chi connectivity index (χ1n) is 8.39. The lowest BCUT2D eigenvalue weighted by molar-refractivity contribution is 0.304. The number of benzene rings is 2. The largest absolute Gasteiger partial charge is 0.489 e. The molecule has 5 heteroatoms. The lowest BCUT2D eigenvalue weighted by Gasteiger charge is -2.11. The van der Waals surface area contributed by atoms with Gasteiger partial charge in [-0.3, -0.25) is 4.98 Å². The van der Waals surface area contributed by atoms with Crippen molar-refractivity contribution in [1.29, 1.82) is 0 Å². The van der Waals surface area contributed by atoms with Gasteiger partial charge in [0.25, 0.3) is 0 Å². The number of fused-ring (bicyclic) bond motifs is 1. The number of aromatic nitrogens is 3. The minimum Gasteiger partial charge on any atom is -0.489 e. The zero-order valence-electron chi connectivity index (χ0n) is 14.4. The topological polar surface area (TPSA) is 59.9 Å². The van der Waals surface area contributed by atoms with Crippen molar-refractivity contribution in [3.05, 3.63) is 84.3 Å². The number of rotatable bonds is 5. The zero-order chi connectivity index (χ0) is 17.8. The summed E-state index contributed by atoms with van der Waals surface area (Å²) in [6, 6.07) is 17.8. The van der Waals surface area contributed by atoms with Crippen molar-refractivity contribution in [1.82, 2.24) is 15.0 Å². The van der Waals surface area contributed by atoms with Crippen LogP contribution in [0, 0.1) is 6.92 Å². The Labute approximate surface area is 151 Å². The van der Waals surface area contributed by atoms with Crippen LogP contribution >= 0.6 is 0 Å². The molecule has 0 atom stereocenters. The van der Waals surface area contributed by atoms with Gasteiger partial charge in [-0.25, -0.2) is 9.97 Å². The van der Waals surface area contributed by atoms with Gasteiger partial charge in [-0.1, -0.05) is 18.2 Å². The van der Waals surface area contributed by atoms with Crippen LogP contribution in [0.4, 0.5) is 11.6 Å². The Morgan fingerprint density at radius 2 is 1.85 bits per heavy atom. The number of anilines is 2. The van der Waals surface area contributed by atoms with Crippen LogP contribution in [0.5, 0.6) is 5.75 Å². The number of hydrogen-bond donors (Lipinski definition) is 1. The standard InChI is InChI=1S/C21H18N4O/c1-15-12-18(6-7-20(15)26-14-16-8-10-22-11-9-16)24-21-23-13-17-4-2-3-5-19(17)25-21/h2-13H,14H2,1H3,(H,23,24,25). The average Bonchev–Trinajstić information content (AvgIpc) is 2.68. The van der Waals surface area contributed by atoms with E-state index in [0.29, 0.717) is 12.6 Å². The van der Waals surface area contributed by atoms with Crippen LogP contribution in [0.1, 0.15) is 11.1 Å². The quantitative estimate of drug-likeness (QED) is 0.572. The molecule has 0 unspecified atom stereocenters. The van der Waals surface area contributed by atoms with Gasteiger partial charge in [-0.15, -0.1) is 0 Å². The van der Waals surface area contributed by atoms with Crippen LogP contribution in [-0.2, 0) is 6.61 Å². The van der Waals surface area contributed by atoms with E-state index in [1.807, 2.05) is 67.7 Å². The van der Waals surface area contributed by atoms with Crippen molar-refractivity contribution in [3.63, 3.8) is 0 Å². The van der Waals surface area contributed by atoms with Crippen LogP contribution in [0.15, 0.2) is 73.2 Å². The van der Waals surface area contributed by atoms with Crippen LogP contribution < -0.4 is 10.1 Å². The van der Waals surface area contributed by atoms with Crippen molar-refractivity contribution in [3.8, 4) is 5.75 Å². The number of pyridine rings is 1. The highest BCUT2D eigenvalue weighted by Crippen LogP contribution is 2.24. The molecule has 4 aromatic rings. The van der Waals surface area contributed by atoms with E-state index in [-0.39, 0.29) is 0 Å². The molecule has 128 valence electrons. The van der Waals surface area contributed by atoms with Gasteiger partial charge in [-0.2, -0.15) is 0 Å². The zero-order valence-corrected chi connectivity index (χ0v) is 14.4. The maximum absolute atomic E-state index is 5.90. The van der Waals surface area contributed by atoms with Crippen LogP contribution in [0.2, 0.25) is 0 Å². The number of ether oxygens (including phenoxy) is 1. The second-order valence-corrected chi connectivity index (χ2v) is 6.00. The third kappa shape index (κ3) is 3.62. The molecule has 2 heterocycles. The van der Waals surface area contributed by atoms with Gasteiger partial charge in [0, 0.05) is 29.7 Å². The van der Waals surface area contributed by atoms with E-state index < -0.39 is 0 Å². The van der Waals surface area contributed by atoms with Gasteiger partial charge in [0.1, 0.15) is 12.4 Å². The van der Waals surface area contributed by atoms with Crippen LogP contribution in [0.3, 0.4) is 0 Å². The lowest BCUT2D eigenvalue weighted by Crippen LogP contribution is -2.00. The molecule has 4 rings (SSSR count). The van der Waals surface area contributed by atoms with Gasteiger partial charge >= 0.3 is 0 Å². The summed E-state index contributed by atoms with van der Waals surface area (Å²) < 4.78 is 5.90. The van der Waals surface area contributed by atoms with E-state index in [9.17, 15) is 0 Å². The van der Waals surface area contributed by atoms with Gasteiger partial charge in [0.2, 0.25) is 5.95 Å². The summed E-state index contributed by atoms with van der Waals surface area (Å²) in [5.41, 5.74) is 3.98. The summed E-state index contributed by atoms with van der Waals surface area (Å²) in [7, 11) is 0. The van der Waals surface area contributed by atoms with E-state index in [0.717, 1.165) is 33.5 Å². The third-order valence-corrected chi connectivity index (χ3v) is 4.06. The fourth-order valence-corrected chi connectivity index (χ4v) is 2.69. The normalized spacial score (nSPS) is 10.7. The fraction of sp³-hybridized carbons (Fsp3) is 0.0952. The molecule has 0 saturated heterocycles. The maximum Gasteiger partial charge on any atom is 0.227 e. The summed E-state index contributed by atoms with van der Waals surface area (Å²) in [6.07, 6.45) is 5.36. The Hall–Kier alpha value is -3.47. The smallest absolute Gasteiger partial charge is 0.227 e. The highest BCUT2D eigenvalue weighted by atomic mass is 16.5. The fourth-order valence-electron chi connectivity index (χ4n) is 2.69. The van der Waals surface area contributed by atoms with Crippen molar-refractivity contribution < 1.29 is 4.74 Å². The molecule has 0 bridgehead atoms. The maximum atomic E-state index is 5.90. The second-order valence-electron chi connectivity index (χ2n) is 6.00. The van der Waals surface area contributed by atoms with Crippen molar-refractivity contribution in [2.45, 2.75) is 13.5 Å². The molecular weight excluding hydrogens is 324 g/mol. The Morgan fingerprint density at radius 1 is 1.00 bits per heavy atom. The molecule has 0 aliphatic rings. The summed E-state index contributed by atoms with van der Waals surface area (Å²) >= 11 is 0. The second kappa shape index (κ2) is 7.19. The van der Waals surface area contributed by atoms with Crippen molar-refractivity contribution >= 4 is 22.5 Å². The molecule has 0 amide bonds. The Balaban J connectivity index is 1.48. The third-order valence-electron chi connectivity index (χ3n) is 4.06. The number of aryl methyl sites for hydroxylation is 1. The van der Waals surface area contributed by atoms with Gasteiger partial charge in [0.05, 0.1) is 5.52 Å². The highest BCUT2D eigenvalue weighted by Gasteiger charge is 2.05. The molecule has 26 heavy (non-hydrogen) atoms. The molecule has 1 N–H and O–H groups in total. The minimum absolute atomic E-state index is 0.518. The summed E-state index contributed by atoms with van der Waals surface area (Å²) in [5, 5.41) is 4.27. The number of para-hydroxylation sites is 1. The minimum atomic E-state index is 0.518. The molecule has 2 aromatic carbocycles.